The van der Waals surface area contributed by atoms with Gasteiger partial charge in [-0.25, -0.2) is 0 Å². The van der Waals surface area contributed by atoms with Crippen molar-refractivity contribution in [1.82, 2.24) is 4.90 Å². The van der Waals surface area contributed by atoms with Crippen molar-refractivity contribution in [2.24, 2.45) is 0 Å². The number of hydrogen-bond donors (Lipinski definition) is 1. The summed E-state index contributed by atoms with van der Waals surface area (Å²) in [5.74, 6) is 0.262. The van der Waals surface area contributed by atoms with E-state index in [2.05, 4.69) is 35.6 Å². The van der Waals surface area contributed by atoms with Gasteiger partial charge in [0.2, 0.25) is 0 Å². The summed E-state index contributed by atoms with van der Waals surface area (Å²) in [6.45, 7) is 2.82. The third-order valence-corrected chi connectivity index (χ3v) is 5.85. The normalized spacial score (nSPS) is 19.9. The molecule has 150 valence electrons. The lowest BCUT2D eigenvalue weighted by Crippen LogP contribution is -2.40. The number of benzene rings is 3. The van der Waals surface area contributed by atoms with Gasteiger partial charge >= 0.3 is 0 Å². The lowest BCUT2D eigenvalue weighted by molar-refractivity contribution is -0.122. The van der Waals surface area contributed by atoms with Crippen molar-refractivity contribution >= 4 is 17.5 Å². The lowest BCUT2D eigenvalue weighted by atomic mass is 9.84. The molecule has 2 aliphatic rings. The highest BCUT2D eigenvalue weighted by molar-refractivity contribution is 6.04. The van der Waals surface area contributed by atoms with E-state index in [-0.39, 0.29) is 17.7 Å². The van der Waals surface area contributed by atoms with Crippen LogP contribution in [-0.4, -0.2) is 29.4 Å². The number of rotatable bonds is 2. The Balaban J connectivity index is 1.52. The minimum Gasteiger partial charge on any atom is -0.478 e. The molecule has 30 heavy (non-hydrogen) atoms. The Morgan fingerprint density at radius 1 is 1.00 bits per heavy atom. The quantitative estimate of drug-likeness (QED) is 0.704. The van der Waals surface area contributed by atoms with Gasteiger partial charge in [0.25, 0.3) is 11.8 Å². The fourth-order valence-electron chi connectivity index (χ4n) is 4.30. The fraction of sp³-hybridized carbons (Fsp3) is 0.200. The molecule has 2 atom stereocenters. The van der Waals surface area contributed by atoms with Gasteiger partial charge in [-0.05, 0) is 35.7 Å². The van der Waals surface area contributed by atoms with Crippen LogP contribution in [0.25, 0.3) is 0 Å². The summed E-state index contributed by atoms with van der Waals surface area (Å²) >= 11 is 0. The van der Waals surface area contributed by atoms with E-state index in [1.807, 2.05) is 29.2 Å². The van der Waals surface area contributed by atoms with Crippen LogP contribution in [0.15, 0.2) is 72.8 Å². The maximum atomic E-state index is 13.6. The molecule has 1 N–H and O–H groups in total. The molecule has 0 saturated carbocycles. The zero-order valence-corrected chi connectivity index (χ0v) is 16.7. The maximum Gasteiger partial charge on any atom is 0.265 e. The van der Waals surface area contributed by atoms with Gasteiger partial charge in [0.15, 0.2) is 11.9 Å². The standard InChI is InChI=1S/C25H22N2O3/c1-16-24(28)26-22-13-7-12-20(23(22)30-16)25(29)27-14-18-10-5-6-11-19(18)21(15-27)17-8-3-2-4-9-17/h2-13,16,21H,14-15H2,1H3,(H,26,28). The molecule has 0 saturated heterocycles. The summed E-state index contributed by atoms with van der Waals surface area (Å²) in [4.78, 5) is 27.4. The predicted molar refractivity (Wildman–Crippen MR) is 115 cm³/mol. The van der Waals surface area contributed by atoms with Crippen molar-refractivity contribution in [2.45, 2.75) is 25.5 Å². The van der Waals surface area contributed by atoms with Crippen LogP contribution in [0.2, 0.25) is 0 Å². The number of carbonyl (C=O) groups is 2. The highest BCUT2D eigenvalue weighted by Crippen LogP contribution is 2.37. The molecule has 2 heterocycles. The predicted octanol–water partition coefficient (Wildman–Crippen LogP) is 4.19. The molecule has 5 nitrogen and oxygen atoms in total. The first kappa shape index (κ1) is 18.4. The van der Waals surface area contributed by atoms with Crippen LogP contribution in [0, 0.1) is 0 Å². The largest absolute Gasteiger partial charge is 0.478 e. The SMILES string of the molecule is CC1Oc2c(cccc2C(=O)N2Cc3ccccc3C(c3ccccc3)C2)NC1=O. The molecule has 5 heteroatoms. The molecule has 3 aromatic rings. The number of anilines is 1. The average molecular weight is 398 g/mol. The number of fused-ring (bicyclic) bond motifs is 2. The summed E-state index contributed by atoms with van der Waals surface area (Å²) in [5, 5.41) is 2.82. The first-order chi connectivity index (χ1) is 14.6. The van der Waals surface area contributed by atoms with Gasteiger partial charge in [0, 0.05) is 19.0 Å². The Hall–Kier alpha value is -3.60. The topological polar surface area (TPSA) is 58.6 Å². The van der Waals surface area contributed by atoms with Crippen LogP contribution < -0.4 is 10.1 Å². The number of hydrogen-bond acceptors (Lipinski definition) is 3. The lowest BCUT2D eigenvalue weighted by Gasteiger charge is -2.36. The van der Waals surface area contributed by atoms with Gasteiger partial charge in [0.1, 0.15) is 0 Å². The van der Waals surface area contributed by atoms with Crippen LogP contribution >= 0.6 is 0 Å². The Morgan fingerprint density at radius 3 is 2.60 bits per heavy atom. The molecule has 0 spiro atoms. The molecule has 5 rings (SSSR count). The van der Waals surface area contributed by atoms with Gasteiger partial charge in [-0.15, -0.1) is 0 Å². The number of nitrogens with zero attached hydrogens (tertiary/aromatic N) is 1. The van der Waals surface area contributed by atoms with Crippen molar-refractivity contribution in [1.29, 1.82) is 0 Å². The van der Waals surface area contributed by atoms with E-state index in [0.717, 1.165) is 5.56 Å². The van der Waals surface area contributed by atoms with E-state index < -0.39 is 6.10 Å². The molecule has 0 aliphatic carbocycles. The van der Waals surface area contributed by atoms with Gasteiger partial charge in [-0.3, -0.25) is 9.59 Å². The van der Waals surface area contributed by atoms with Crippen molar-refractivity contribution in [3.05, 3.63) is 95.1 Å². The number of amides is 2. The van der Waals surface area contributed by atoms with Crippen LogP contribution in [0.3, 0.4) is 0 Å². The molecule has 2 aliphatic heterocycles. The summed E-state index contributed by atoms with van der Waals surface area (Å²) in [7, 11) is 0. The van der Waals surface area contributed by atoms with Crippen LogP contribution in [0.4, 0.5) is 5.69 Å². The molecule has 2 unspecified atom stereocenters. The van der Waals surface area contributed by atoms with Crippen molar-refractivity contribution in [2.75, 3.05) is 11.9 Å². The van der Waals surface area contributed by atoms with E-state index in [0.29, 0.717) is 30.1 Å². The second kappa shape index (κ2) is 7.34. The number of ether oxygens (including phenoxy) is 1. The van der Waals surface area contributed by atoms with Crippen LogP contribution in [0.1, 0.15) is 39.9 Å². The van der Waals surface area contributed by atoms with E-state index >= 15 is 0 Å². The Labute approximate surface area is 175 Å². The Kier molecular flexibility index (Phi) is 4.51. The van der Waals surface area contributed by atoms with E-state index in [1.165, 1.54) is 11.1 Å². The van der Waals surface area contributed by atoms with Crippen molar-refractivity contribution in [3.63, 3.8) is 0 Å². The summed E-state index contributed by atoms with van der Waals surface area (Å²) < 4.78 is 5.81. The second-order valence-corrected chi connectivity index (χ2v) is 7.78. The minimum absolute atomic E-state index is 0.0920. The first-order valence-corrected chi connectivity index (χ1v) is 10.1. The van der Waals surface area contributed by atoms with Gasteiger partial charge in [-0.2, -0.15) is 0 Å². The minimum atomic E-state index is -0.634. The van der Waals surface area contributed by atoms with E-state index in [4.69, 9.17) is 4.74 Å². The summed E-state index contributed by atoms with van der Waals surface area (Å²) in [5.41, 5.74) is 4.62. The third kappa shape index (κ3) is 3.12. The molecule has 0 radical (unpaired) electrons. The van der Waals surface area contributed by atoms with Gasteiger partial charge < -0.3 is 15.0 Å². The zero-order chi connectivity index (χ0) is 20.7. The van der Waals surface area contributed by atoms with E-state index in [9.17, 15) is 9.59 Å². The Morgan fingerprint density at radius 2 is 1.77 bits per heavy atom. The van der Waals surface area contributed by atoms with E-state index in [1.54, 1.807) is 25.1 Å². The Bertz CT molecular complexity index is 1130. The molecule has 2 amide bonds. The summed E-state index contributed by atoms with van der Waals surface area (Å²) in [6.07, 6.45) is -0.634. The highest BCUT2D eigenvalue weighted by atomic mass is 16.5. The molecule has 0 fully saturated rings. The molecule has 0 aromatic heterocycles. The summed E-state index contributed by atoms with van der Waals surface area (Å²) in [6, 6.07) is 23.9. The monoisotopic (exact) mass is 398 g/mol. The smallest absolute Gasteiger partial charge is 0.265 e. The average Bonchev–Trinajstić information content (AvgIpc) is 2.79. The molecular weight excluding hydrogens is 376 g/mol. The van der Waals surface area contributed by atoms with Crippen LogP contribution in [0.5, 0.6) is 5.75 Å². The van der Waals surface area contributed by atoms with Crippen LogP contribution in [-0.2, 0) is 11.3 Å². The molecule has 0 bridgehead atoms. The zero-order valence-electron chi connectivity index (χ0n) is 16.7. The molecule has 3 aromatic carbocycles. The highest BCUT2D eigenvalue weighted by Gasteiger charge is 2.33. The van der Waals surface area contributed by atoms with Crippen molar-refractivity contribution < 1.29 is 14.3 Å². The number of nitrogens with one attached hydrogen (secondary N) is 1. The third-order valence-electron chi connectivity index (χ3n) is 5.85. The molecular formula is C25H22N2O3. The van der Waals surface area contributed by atoms with Crippen molar-refractivity contribution in [3.8, 4) is 5.75 Å². The fourth-order valence-corrected chi connectivity index (χ4v) is 4.30. The first-order valence-electron chi connectivity index (χ1n) is 10.1. The number of carbonyl (C=O) groups excluding carboxylic acids is 2. The van der Waals surface area contributed by atoms with Gasteiger partial charge in [0.05, 0.1) is 11.3 Å². The van der Waals surface area contributed by atoms with Gasteiger partial charge in [-0.1, -0.05) is 60.7 Å². The maximum absolute atomic E-state index is 13.6. The second-order valence-electron chi connectivity index (χ2n) is 7.78. The number of para-hydroxylation sites is 1.